The van der Waals surface area contributed by atoms with Gasteiger partial charge in [-0.2, -0.15) is 0 Å². The molecular weight excluding hydrogens is 541 g/mol. The molecule has 2 atom stereocenters. The van der Waals surface area contributed by atoms with Crippen molar-refractivity contribution in [1.82, 2.24) is 14.9 Å². The standard InChI is InChI=1S/C33H27ClFN3O3/c1-3-26-27-17-23(24-12-16-29(34)36-19-24)11-15-28(27)37-30(26)33(18-21-7-5-4-6-8-21)31(39)38(32(40)41-33)20(2)22-9-13-25(35)14-10-22/h4-17,19-20,37H,3,18H2,1-2H3. The molecule has 0 radical (unpaired) electrons. The number of nitrogens with one attached hydrogen (secondary N) is 1. The van der Waals surface area contributed by atoms with Crippen LogP contribution in [0.4, 0.5) is 9.18 Å². The van der Waals surface area contributed by atoms with Crippen molar-refractivity contribution in [2.24, 2.45) is 0 Å². The molecule has 0 saturated carbocycles. The molecule has 1 N–H and O–H groups in total. The Bertz CT molecular complexity index is 1750. The van der Waals surface area contributed by atoms with Crippen LogP contribution in [0.2, 0.25) is 5.15 Å². The molecular formula is C33H27ClFN3O3. The molecule has 2 amide bonds. The third-order valence-electron chi connectivity index (χ3n) is 7.78. The number of carbonyl (C=O) groups is 2. The number of aromatic nitrogens is 2. The maximum atomic E-state index is 14.5. The van der Waals surface area contributed by atoms with E-state index in [1.165, 1.54) is 12.1 Å². The predicted octanol–water partition coefficient (Wildman–Crippen LogP) is 7.76. The third kappa shape index (κ3) is 4.66. The highest BCUT2D eigenvalue weighted by molar-refractivity contribution is 6.29. The molecule has 2 aromatic heterocycles. The van der Waals surface area contributed by atoms with Gasteiger partial charge in [-0.25, -0.2) is 19.1 Å². The lowest BCUT2D eigenvalue weighted by atomic mass is 9.86. The minimum absolute atomic E-state index is 0.152. The summed E-state index contributed by atoms with van der Waals surface area (Å²) in [5, 5.41) is 1.34. The number of cyclic esters (lactones) is 1. The van der Waals surface area contributed by atoms with Crippen LogP contribution in [0, 0.1) is 5.82 Å². The molecule has 5 aromatic rings. The molecule has 3 aromatic carbocycles. The van der Waals surface area contributed by atoms with Crippen molar-refractivity contribution in [1.29, 1.82) is 0 Å². The van der Waals surface area contributed by atoms with Crippen LogP contribution in [0.25, 0.3) is 22.0 Å². The number of aromatic amines is 1. The number of rotatable bonds is 7. The summed E-state index contributed by atoms with van der Waals surface area (Å²) >= 11 is 6.00. The Kier molecular flexibility index (Phi) is 6.83. The van der Waals surface area contributed by atoms with E-state index in [0.717, 1.165) is 38.1 Å². The number of fused-ring (bicyclic) bond motifs is 1. The number of hydrogen-bond donors (Lipinski definition) is 1. The molecule has 0 aliphatic carbocycles. The lowest BCUT2D eigenvalue weighted by Crippen LogP contribution is -2.42. The van der Waals surface area contributed by atoms with Gasteiger partial charge in [-0.1, -0.05) is 67.1 Å². The molecule has 0 bridgehead atoms. The summed E-state index contributed by atoms with van der Waals surface area (Å²) in [6.07, 6.45) is 1.72. The fourth-order valence-corrected chi connectivity index (χ4v) is 5.78. The predicted molar refractivity (Wildman–Crippen MR) is 156 cm³/mol. The first kappa shape index (κ1) is 26.7. The van der Waals surface area contributed by atoms with E-state index in [0.29, 0.717) is 22.8 Å². The fraction of sp³-hybridized carbons (Fsp3) is 0.182. The maximum Gasteiger partial charge on any atom is 0.418 e. The number of benzene rings is 3. The Morgan fingerprint density at radius 3 is 2.41 bits per heavy atom. The van der Waals surface area contributed by atoms with Crippen LogP contribution in [-0.4, -0.2) is 26.9 Å². The Morgan fingerprint density at radius 1 is 1.00 bits per heavy atom. The van der Waals surface area contributed by atoms with Crippen LogP contribution in [0.1, 0.15) is 42.3 Å². The lowest BCUT2D eigenvalue weighted by molar-refractivity contribution is -0.139. The highest BCUT2D eigenvalue weighted by atomic mass is 35.5. The first-order valence-electron chi connectivity index (χ1n) is 13.4. The van der Waals surface area contributed by atoms with Gasteiger partial charge in [0.2, 0.25) is 5.60 Å². The smallest absolute Gasteiger partial charge is 0.418 e. The third-order valence-corrected chi connectivity index (χ3v) is 8.01. The monoisotopic (exact) mass is 567 g/mol. The summed E-state index contributed by atoms with van der Waals surface area (Å²) in [4.78, 5) is 36.8. The number of H-pyrrole nitrogens is 1. The van der Waals surface area contributed by atoms with Gasteiger partial charge in [0.05, 0.1) is 11.7 Å². The SMILES string of the molecule is CCc1c(C2(Cc3ccccc3)OC(=O)N(C(C)c3ccc(F)cc3)C2=O)[nH]c2ccc(-c3ccc(Cl)nc3)cc12. The van der Waals surface area contributed by atoms with Gasteiger partial charge in [0, 0.05) is 29.1 Å². The van der Waals surface area contributed by atoms with Gasteiger partial charge >= 0.3 is 6.09 Å². The second kappa shape index (κ2) is 10.5. The van der Waals surface area contributed by atoms with Gasteiger partial charge in [0.1, 0.15) is 11.0 Å². The van der Waals surface area contributed by atoms with E-state index in [-0.39, 0.29) is 6.42 Å². The second-order valence-electron chi connectivity index (χ2n) is 10.2. The van der Waals surface area contributed by atoms with Crippen molar-refractivity contribution in [3.63, 3.8) is 0 Å². The molecule has 1 aliphatic heterocycles. The fourth-order valence-electron chi connectivity index (χ4n) is 5.67. The number of carbonyl (C=O) groups excluding carboxylic acids is 2. The van der Waals surface area contributed by atoms with Crippen molar-refractivity contribution in [2.45, 2.75) is 38.3 Å². The van der Waals surface area contributed by atoms with Gasteiger partial charge < -0.3 is 9.72 Å². The van der Waals surface area contributed by atoms with Gasteiger partial charge in [-0.3, -0.25) is 4.79 Å². The van der Waals surface area contributed by atoms with Crippen LogP contribution >= 0.6 is 11.6 Å². The maximum absolute atomic E-state index is 14.5. The lowest BCUT2D eigenvalue weighted by Gasteiger charge is -2.27. The summed E-state index contributed by atoms with van der Waals surface area (Å²) in [5.41, 5.74) is 3.97. The number of imide groups is 1. The highest BCUT2D eigenvalue weighted by Gasteiger charge is 2.58. The Balaban J connectivity index is 1.50. The van der Waals surface area contributed by atoms with E-state index in [1.807, 2.05) is 55.5 Å². The number of aryl methyl sites for hydroxylation is 1. The van der Waals surface area contributed by atoms with Crippen molar-refractivity contribution in [3.05, 3.63) is 124 Å². The Hall–Kier alpha value is -4.49. The number of ether oxygens (including phenoxy) is 1. The molecule has 1 aliphatic rings. The molecule has 0 spiro atoms. The van der Waals surface area contributed by atoms with Crippen LogP contribution in [-0.2, 0) is 28.0 Å². The summed E-state index contributed by atoms with van der Waals surface area (Å²) in [6, 6.07) is 24.3. The average Bonchev–Trinajstić information content (AvgIpc) is 3.48. The van der Waals surface area contributed by atoms with Crippen LogP contribution < -0.4 is 0 Å². The minimum Gasteiger partial charge on any atom is -0.425 e. The van der Waals surface area contributed by atoms with Crippen molar-refractivity contribution < 1.29 is 18.7 Å². The number of nitrogens with zero attached hydrogens (tertiary/aromatic N) is 2. The second-order valence-corrected chi connectivity index (χ2v) is 10.6. The van der Waals surface area contributed by atoms with Crippen LogP contribution in [0.5, 0.6) is 0 Å². The molecule has 206 valence electrons. The summed E-state index contributed by atoms with van der Waals surface area (Å²) in [6.45, 7) is 3.75. The number of hydrogen-bond acceptors (Lipinski definition) is 4. The van der Waals surface area contributed by atoms with Crippen LogP contribution in [0.15, 0.2) is 91.1 Å². The Labute approximate surface area is 241 Å². The first-order chi connectivity index (χ1) is 19.8. The average molecular weight is 568 g/mol. The summed E-state index contributed by atoms with van der Waals surface area (Å²) in [7, 11) is 0. The topological polar surface area (TPSA) is 75.3 Å². The molecule has 1 fully saturated rings. The van der Waals surface area contributed by atoms with Gasteiger partial charge in [0.25, 0.3) is 5.91 Å². The van der Waals surface area contributed by atoms with Crippen molar-refractivity contribution in [2.75, 3.05) is 0 Å². The molecule has 6 rings (SSSR count). The molecule has 3 heterocycles. The van der Waals surface area contributed by atoms with Crippen molar-refractivity contribution in [3.8, 4) is 11.1 Å². The highest BCUT2D eigenvalue weighted by Crippen LogP contribution is 2.44. The largest absolute Gasteiger partial charge is 0.425 e. The zero-order chi connectivity index (χ0) is 28.7. The van der Waals surface area contributed by atoms with Gasteiger partial charge in [-0.15, -0.1) is 0 Å². The van der Waals surface area contributed by atoms with E-state index >= 15 is 0 Å². The number of amides is 2. The minimum atomic E-state index is -1.61. The summed E-state index contributed by atoms with van der Waals surface area (Å²) < 4.78 is 19.8. The van der Waals surface area contributed by atoms with E-state index in [4.69, 9.17) is 16.3 Å². The molecule has 41 heavy (non-hydrogen) atoms. The Morgan fingerprint density at radius 2 is 1.73 bits per heavy atom. The van der Waals surface area contributed by atoms with E-state index < -0.39 is 29.5 Å². The quantitative estimate of drug-likeness (QED) is 0.204. The summed E-state index contributed by atoms with van der Waals surface area (Å²) in [5.74, 6) is -0.860. The van der Waals surface area contributed by atoms with E-state index in [1.54, 1.807) is 31.3 Å². The van der Waals surface area contributed by atoms with Crippen molar-refractivity contribution >= 4 is 34.5 Å². The molecule has 6 nitrogen and oxygen atoms in total. The van der Waals surface area contributed by atoms with Gasteiger partial charge in [-0.05, 0) is 72.0 Å². The first-order valence-corrected chi connectivity index (χ1v) is 13.8. The normalized spacial score (nSPS) is 17.7. The number of pyridine rings is 1. The molecule has 2 unspecified atom stereocenters. The molecule has 8 heteroatoms. The van der Waals surface area contributed by atoms with Crippen LogP contribution in [0.3, 0.4) is 0 Å². The zero-order valence-electron chi connectivity index (χ0n) is 22.5. The van der Waals surface area contributed by atoms with E-state index in [9.17, 15) is 14.0 Å². The van der Waals surface area contributed by atoms with Gasteiger partial charge in [0.15, 0.2) is 0 Å². The number of halogens is 2. The molecule has 1 saturated heterocycles. The zero-order valence-corrected chi connectivity index (χ0v) is 23.3. The van der Waals surface area contributed by atoms with E-state index in [2.05, 4.69) is 16.0 Å².